The molecule has 1 aromatic heterocycles. The number of aromatic nitrogens is 2. The monoisotopic (exact) mass is 269 g/mol. The van der Waals surface area contributed by atoms with E-state index in [2.05, 4.69) is 20.3 Å². The number of methoxy groups -OCH3 is 1. The van der Waals surface area contributed by atoms with Crippen LogP contribution >= 0.6 is 0 Å². The van der Waals surface area contributed by atoms with Crippen molar-refractivity contribution in [3.05, 3.63) is 59.8 Å². The lowest BCUT2D eigenvalue weighted by atomic mass is 10.2. The maximum absolute atomic E-state index is 11.2. The van der Waals surface area contributed by atoms with E-state index in [0.717, 1.165) is 5.56 Å². The van der Waals surface area contributed by atoms with E-state index >= 15 is 0 Å². The van der Waals surface area contributed by atoms with Crippen molar-refractivity contribution < 1.29 is 9.53 Å². The molecule has 0 amide bonds. The Kier molecular flexibility index (Phi) is 4.83. The fourth-order valence-corrected chi connectivity index (χ4v) is 1.56. The predicted molar refractivity (Wildman–Crippen MR) is 77.3 cm³/mol. The van der Waals surface area contributed by atoms with Crippen LogP contribution < -0.4 is 5.32 Å². The fraction of sp³-hybridized carbons (Fsp3) is 0.133. The van der Waals surface area contributed by atoms with Gasteiger partial charge in [0.05, 0.1) is 7.11 Å². The Morgan fingerprint density at radius 1 is 1.20 bits per heavy atom. The molecule has 0 radical (unpaired) electrons. The summed E-state index contributed by atoms with van der Waals surface area (Å²) in [6, 6.07) is 13.3. The van der Waals surface area contributed by atoms with E-state index < -0.39 is 5.97 Å². The predicted octanol–water partition coefficient (Wildman–Crippen LogP) is 2.39. The number of ether oxygens (including phenoxy) is 1. The minimum absolute atomic E-state index is 0.192. The zero-order chi connectivity index (χ0) is 14.2. The first-order valence-corrected chi connectivity index (χ1v) is 6.17. The number of anilines is 1. The van der Waals surface area contributed by atoms with Gasteiger partial charge in [-0.15, -0.1) is 10.2 Å². The van der Waals surface area contributed by atoms with Gasteiger partial charge >= 0.3 is 5.97 Å². The lowest BCUT2D eigenvalue weighted by Crippen LogP contribution is -2.07. The average Bonchev–Trinajstić information content (AvgIpc) is 2.52. The summed E-state index contributed by atoms with van der Waals surface area (Å²) in [5.41, 5.74) is 1.33. The van der Waals surface area contributed by atoms with Crippen LogP contribution in [-0.4, -0.2) is 29.8 Å². The summed E-state index contributed by atoms with van der Waals surface area (Å²) < 4.78 is 4.55. The van der Waals surface area contributed by atoms with Crippen molar-refractivity contribution >= 4 is 17.9 Å². The summed E-state index contributed by atoms with van der Waals surface area (Å²) in [6.07, 6.45) is 4.01. The highest BCUT2D eigenvalue weighted by atomic mass is 16.5. The fourth-order valence-electron chi connectivity index (χ4n) is 1.56. The molecule has 0 bridgehead atoms. The molecule has 20 heavy (non-hydrogen) atoms. The molecule has 0 aliphatic carbocycles. The Morgan fingerprint density at radius 2 is 2.00 bits per heavy atom. The molecule has 0 aliphatic heterocycles. The van der Waals surface area contributed by atoms with Gasteiger partial charge in [-0.1, -0.05) is 42.5 Å². The van der Waals surface area contributed by atoms with Gasteiger partial charge in [-0.2, -0.15) is 0 Å². The van der Waals surface area contributed by atoms with Crippen LogP contribution in [0, 0.1) is 0 Å². The van der Waals surface area contributed by atoms with Crippen molar-refractivity contribution in [1.29, 1.82) is 0 Å². The lowest BCUT2D eigenvalue weighted by Gasteiger charge is -2.02. The standard InChI is InChI=1S/C15H15N3O2/c1-20-15(19)13-9-10-14(18-17-13)16-11-5-8-12-6-3-2-4-7-12/h2-10H,11H2,1H3,(H,16,18)/b8-5+. The molecule has 1 aromatic carbocycles. The lowest BCUT2D eigenvalue weighted by molar-refractivity contribution is 0.0593. The molecule has 2 rings (SSSR count). The number of hydrogen-bond donors (Lipinski definition) is 1. The molecule has 102 valence electrons. The van der Waals surface area contributed by atoms with E-state index in [9.17, 15) is 4.79 Å². The van der Waals surface area contributed by atoms with Crippen LogP contribution in [-0.2, 0) is 4.74 Å². The largest absolute Gasteiger partial charge is 0.464 e. The summed E-state index contributed by atoms with van der Waals surface area (Å²) in [5, 5.41) is 10.8. The van der Waals surface area contributed by atoms with Gasteiger partial charge in [0.2, 0.25) is 0 Å². The van der Waals surface area contributed by atoms with Crippen molar-refractivity contribution in [2.45, 2.75) is 0 Å². The molecule has 0 atom stereocenters. The van der Waals surface area contributed by atoms with Crippen molar-refractivity contribution in [2.24, 2.45) is 0 Å². The Morgan fingerprint density at radius 3 is 2.65 bits per heavy atom. The van der Waals surface area contributed by atoms with Crippen LogP contribution in [0.25, 0.3) is 6.08 Å². The van der Waals surface area contributed by atoms with Crippen molar-refractivity contribution in [3.8, 4) is 0 Å². The number of nitrogens with one attached hydrogen (secondary N) is 1. The van der Waals surface area contributed by atoms with Crippen LogP contribution in [0.2, 0.25) is 0 Å². The molecule has 0 saturated carbocycles. The van der Waals surface area contributed by atoms with Crippen LogP contribution in [0.5, 0.6) is 0 Å². The van der Waals surface area contributed by atoms with E-state index in [0.29, 0.717) is 12.4 Å². The number of nitrogens with zero attached hydrogens (tertiary/aromatic N) is 2. The van der Waals surface area contributed by atoms with Crippen molar-refractivity contribution in [3.63, 3.8) is 0 Å². The summed E-state index contributed by atoms with van der Waals surface area (Å²) >= 11 is 0. The minimum atomic E-state index is -0.493. The highest BCUT2D eigenvalue weighted by molar-refractivity contribution is 5.86. The number of rotatable bonds is 5. The molecule has 1 heterocycles. The minimum Gasteiger partial charge on any atom is -0.464 e. The second kappa shape index (κ2) is 7.04. The van der Waals surface area contributed by atoms with Gasteiger partial charge < -0.3 is 10.1 Å². The van der Waals surface area contributed by atoms with Gasteiger partial charge in [0, 0.05) is 6.54 Å². The topological polar surface area (TPSA) is 64.1 Å². The second-order valence-corrected chi connectivity index (χ2v) is 3.99. The number of esters is 1. The first-order valence-electron chi connectivity index (χ1n) is 6.17. The zero-order valence-corrected chi connectivity index (χ0v) is 11.1. The molecule has 0 spiro atoms. The number of benzene rings is 1. The van der Waals surface area contributed by atoms with Gasteiger partial charge in [0.1, 0.15) is 5.82 Å². The van der Waals surface area contributed by atoms with Gasteiger partial charge in [-0.05, 0) is 17.7 Å². The maximum atomic E-state index is 11.2. The summed E-state index contributed by atoms with van der Waals surface area (Å²) in [4.78, 5) is 11.2. The van der Waals surface area contributed by atoms with Gasteiger partial charge in [0.25, 0.3) is 0 Å². The van der Waals surface area contributed by atoms with Crippen LogP contribution in [0.15, 0.2) is 48.5 Å². The Balaban J connectivity index is 1.85. The number of carbonyl (C=O) groups is 1. The zero-order valence-electron chi connectivity index (χ0n) is 11.1. The van der Waals surface area contributed by atoms with Gasteiger partial charge in [-0.25, -0.2) is 4.79 Å². The first kappa shape index (κ1) is 13.7. The molecule has 1 N–H and O–H groups in total. The van der Waals surface area contributed by atoms with Crippen LogP contribution in [0.3, 0.4) is 0 Å². The first-order chi connectivity index (χ1) is 9.79. The summed E-state index contributed by atoms with van der Waals surface area (Å²) in [7, 11) is 1.31. The van der Waals surface area contributed by atoms with Crippen LogP contribution in [0.4, 0.5) is 5.82 Å². The molecular weight excluding hydrogens is 254 g/mol. The molecule has 5 nitrogen and oxygen atoms in total. The summed E-state index contributed by atoms with van der Waals surface area (Å²) in [5.74, 6) is 0.114. The highest BCUT2D eigenvalue weighted by Crippen LogP contribution is 2.04. The van der Waals surface area contributed by atoms with Crippen molar-refractivity contribution in [1.82, 2.24) is 10.2 Å². The van der Waals surface area contributed by atoms with Gasteiger partial charge in [-0.3, -0.25) is 0 Å². The van der Waals surface area contributed by atoms with E-state index in [1.54, 1.807) is 12.1 Å². The van der Waals surface area contributed by atoms with E-state index in [-0.39, 0.29) is 5.69 Å². The molecule has 2 aromatic rings. The smallest absolute Gasteiger partial charge is 0.358 e. The van der Waals surface area contributed by atoms with Crippen molar-refractivity contribution in [2.75, 3.05) is 19.0 Å². The maximum Gasteiger partial charge on any atom is 0.358 e. The molecule has 0 saturated heterocycles. The van der Waals surface area contributed by atoms with E-state index in [4.69, 9.17) is 0 Å². The Labute approximate surface area is 117 Å². The highest BCUT2D eigenvalue weighted by Gasteiger charge is 2.06. The molecule has 0 unspecified atom stereocenters. The molecule has 5 heteroatoms. The molecule has 0 aliphatic rings. The Bertz CT molecular complexity index is 580. The normalized spacial score (nSPS) is 10.4. The van der Waals surface area contributed by atoms with Gasteiger partial charge in [0.15, 0.2) is 5.69 Å². The molecule has 0 fully saturated rings. The van der Waals surface area contributed by atoms with Crippen LogP contribution in [0.1, 0.15) is 16.1 Å². The number of carbonyl (C=O) groups excluding carboxylic acids is 1. The third-order valence-corrected chi connectivity index (χ3v) is 2.57. The molecular formula is C15H15N3O2. The van der Waals surface area contributed by atoms with E-state index in [1.807, 2.05) is 42.5 Å². The third kappa shape index (κ3) is 3.91. The quantitative estimate of drug-likeness (QED) is 0.844. The summed E-state index contributed by atoms with van der Waals surface area (Å²) in [6.45, 7) is 0.626. The number of hydrogen-bond acceptors (Lipinski definition) is 5. The Hall–Kier alpha value is -2.69. The van der Waals surface area contributed by atoms with E-state index in [1.165, 1.54) is 7.11 Å². The average molecular weight is 269 g/mol. The SMILES string of the molecule is COC(=O)c1ccc(NC/C=C/c2ccccc2)nn1. The second-order valence-electron chi connectivity index (χ2n) is 3.99. The third-order valence-electron chi connectivity index (χ3n) is 2.57.